The summed E-state index contributed by atoms with van der Waals surface area (Å²) in [6, 6.07) is 38.5. The van der Waals surface area contributed by atoms with Crippen LogP contribution in [0.25, 0.3) is 0 Å². The predicted octanol–water partition coefficient (Wildman–Crippen LogP) is 4.61. The molecule has 4 rings (SSSR count). The fourth-order valence-electron chi connectivity index (χ4n) is 4.26. The Bertz CT molecular complexity index is 1150. The molecule has 2 N–H and O–H groups in total. The minimum atomic E-state index is -1.11. The van der Waals surface area contributed by atoms with Crippen molar-refractivity contribution in [2.45, 2.75) is 12.1 Å². The summed E-state index contributed by atoms with van der Waals surface area (Å²) < 4.78 is 0. The summed E-state index contributed by atoms with van der Waals surface area (Å²) in [7, 11) is 0. The van der Waals surface area contributed by atoms with Crippen LogP contribution in [0.3, 0.4) is 0 Å². The van der Waals surface area contributed by atoms with Gasteiger partial charge in [0.15, 0.2) is 5.60 Å². The van der Waals surface area contributed by atoms with Crippen molar-refractivity contribution >= 4 is 11.9 Å². The van der Waals surface area contributed by atoms with Gasteiger partial charge in [0.05, 0.1) is 13.1 Å². The maximum atomic E-state index is 13.1. The Morgan fingerprint density at radius 1 is 0.667 bits per heavy atom. The molecule has 0 saturated carbocycles. The zero-order valence-corrected chi connectivity index (χ0v) is 19.8. The monoisotopic (exact) mass is 480 g/mol. The molecular formula is C30H28N2O4. The van der Waals surface area contributed by atoms with Crippen LogP contribution < -0.4 is 5.48 Å². The maximum Gasteiger partial charge on any atom is 0.317 e. The first kappa shape index (κ1) is 24.9. The second kappa shape index (κ2) is 11.9. The molecule has 0 heterocycles. The third-order valence-electron chi connectivity index (χ3n) is 5.83. The highest BCUT2D eigenvalue weighted by Crippen LogP contribution is 2.39. The summed E-state index contributed by atoms with van der Waals surface area (Å²) in [4.78, 5) is 32.4. The molecule has 0 radical (unpaired) electrons. The number of nitrogens with one attached hydrogen (secondary N) is 1. The summed E-state index contributed by atoms with van der Waals surface area (Å²) in [5.41, 5.74) is 4.96. The first-order valence-electron chi connectivity index (χ1n) is 11.7. The van der Waals surface area contributed by atoms with Gasteiger partial charge in [-0.05, 0) is 22.3 Å². The van der Waals surface area contributed by atoms with Gasteiger partial charge in [0.2, 0.25) is 0 Å². The van der Waals surface area contributed by atoms with E-state index in [9.17, 15) is 14.7 Å². The average molecular weight is 481 g/mol. The Hall–Kier alpha value is -4.26. The molecule has 1 amide bonds. The van der Waals surface area contributed by atoms with Gasteiger partial charge in [-0.1, -0.05) is 121 Å². The average Bonchev–Trinajstić information content (AvgIpc) is 2.91. The molecule has 6 heteroatoms. The lowest BCUT2D eigenvalue weighted by Gasteiger charge is -2.35. The molecule has 0 fully saturated rings. The molecule has 0 aromatic heterocycles. The van der Waals surface area contributed by atoms with Crippen molar-refractivity contribution in [1.82, 2.24) is 10.4 Å². The minimum Gasteiger partial charge on any atom is -0.480 e. The molecule has 0 saturated heterocycles. The number of hydrogen-bond donors (Lipinski definition) is 2. The number of nitrogens with zero attached hydrogens (tertiary/aromatic N) is 1. The molecule has 0 spiro atoms. The third kappa shape index (κ3) is 6.05. The smallest absolute Gasteiger partial charge is 0.317 e. The van der Waals surface area contributed by atoms with Gasteiger partial charge in [0, 0.05) is 6.54 Å². The van der Waals surface area contributed by atoms with E-state index in [4.69, 9.17) is 4.84 Å². The maximum absolute atomic E-state index is 13.1. The van der Waals surface area contributed by atoms with E-state index < -0.39 is 17.5 Å². The molecule has 6 nitrogen and oxygen atoms in total. The number of carbonyl (C=O) groups excluding carboxylic acids is 1. The lowest BCUT2D eigenvalue weighted by molar-refractivity contribution is -0.146. The number of carbonyl (C=O) groups is 2. The van der Waals surface area contributed by atoms with Crippen molar-refractivity contribution in [3.8, 4) is 0 Å². The zero-order chi connectivity index (χ0) is 25.2. The second-order valence-electron chi connectivity index (χ2n) is 8.43. The molecule has 0 aliphatic carbocycles. The third-order valence-corrected chi connectivity index (χ3v) is 5.83. The van der Waals surface area contributed by atoms with Gasteiger partial charge in [-0.15, -0.1) is 0 Å². The van der Waals surface area contributed by atoms with E-state index >= 15 is 0 Å². The molecular weight excluding hydrogens is 452 g/mol. The highest BCUT2D eigenvalue weighted by molar-refractivity contribution is 5.78. The van der Waals surface area contributed by atoms with Crippen molar-refractivity contribution in [2.24, 2.45) is 0 Å². The van der Waals surface area contributed by atoms with E-state index in [1.165, 1.54) is 0 Å². The molecule has 36 heavy (non-hydrogen) atoms. The standard InChI is InChI=1S/C30H28N2O4/c33-28(22-32(23-29(34)35)21-24-13-5-1-6-14-24)31-36-30(25-15-7-2-8-16-25,26-17-9-3-10-18-26)27-19-11-4-12-20-27/h1-20H,21-23H2,(H,31,33)(H,34,35). The van der Waals surface area contributed by atoms with E-state index in [0.29, 0.717) is 6.54 Å². The van der Waals surface area contributed by atoms with Gasteiger partial charge in [-0.25, -0.2) is 5.48 Å². The summed E-state index contributed by atoms with van der Waals surface area (Å²) in [6.45, 7) is -0.0963. The first-order valence-corrected chi connectivity index (χ1v) is 11.7. The number of carboxylic acids is 1. The quantitative estimate of drug-likeness (QED) is 0.242. The Kier molecular flexibility index (Phi) is 8.24. The second-order valence-corrected chi connectivity index (χ2v) is 8.43. The summed E-state index contributed by atoms with van der Waals surface area (Å²) in [6.07, 6.45) is 0. The highest BCUT2D eigenvalue weighted by atomic mass is 16.7. The molecule has 0 aliphatic rings. The highest BCUT2D eigenvalue weighted by Gasteiger charge is 2.39. The number of rotatable bonds is 11. The van der Waals surface area contributed by atoms with Crippen molar-refractivity contribution < 1.29 is 19.5 Å². The van der Waals surface area contributed by atoms with E-state index in [2.05, 4.69) is 5.48 Å². The summed E-state index contributed by atoms with van der Waals surface area (Å²) in [5.74, 6) is -1.45. The molecule has 0 bridgehead atoms. The van der Waals surface area contributed by atoms with Crippen LogP contribution in [0.15, 0.2) is 121 Å². The molecule has 0 unspecified atom stereocenters. The fourth-order valence-corrected chi connectivity index (χ4v) is 4.26. The van der Waals surface area contributed by atoms with Gasteiger partial charge in [-0.2, -0.15) is 0 Å². The predicted molar refractivity (Wildman–Crippen MR) is 138 cm³/mol. The van der Waals surface area contributed by atoms with E-state index in [1.807, 2.05) is 121 Å². The van der Waals surface area contributed by atoms with Crippen molar-refractivity contribution in [1.29, 1.82) is 0 Å². The van der Waals surface area contributed by atoms with Crippen LogP contribution in [-0.2, 0) is 26.6 Å². The van der Waals surface area contributed by atoms with Crippen molar-refractivity contribution in [2.75, 3.05) is 13.1 Å². The van der Waals surface area contributed by atoms with Crippen LogP contribution >= 0.6 is 0 Å². The zero-order valence-electron chi connectivity index (χ0n) is 19.8. The Labute approximate surface area is 210 Å². The Balaban J connectivity index is 1.63. The molecule has 0 atom stereocenters. The number of amides is 1. The van der Waals surface area contributed by atoms with Crippen molar-refractivity contribution in [3.05, 3.63) is 144 Å². The van der Waals surface area contributed by atoms with Crippen LogP contribution in [0.1, 0.15) is 22.3 Å². The SMILES string of the molecule is O=C(O)CN(CC(=O)NOC(c1ccccc1)(c1ccccc1)c1ccccc1)Cc1ccccc1. The normalized spacial score (nSPS) is 11.2. The van der Waals surface area contributed by atoms with E-state index in [0.717, 1.165) is 22.3 Å². The topological polar surface area (TPSA) is 78.9 Å². The van der Waals surface area contributed by atoms with Gasteiger partial charge < -0.3 is 5.11 Å². The van der Waals surface area contributed by atoms with Crippen LogP contribution in [0.2, 0.25) is 0 Å². The summed E-state index contributed by atoms with van der Waals surface area (Å²) >= 11 is 0. The molecule has 0 aliphatic heterocycles. The molecule has 182 valence electrons. The van der Waals surface area contributed by atoms with E-state index in [1.54, 1.807) is 4.90 Å². The van der Waals surface area contributed by atoms with Gasteiger partial charge in [0.1, 0.15) is 0 Å². The van der Waals surface area contributed by atoms with Crippen LogP contribution in [0.5, 0.6) is 0 Å². The number of benzene rings is 4. The van der Waals surface area contributed by atoms with Gasteiger partial charge in [-0.3, -0.25) is 19.3 Å². The largest absolute Gasteiger partial charge is 0.480 e. The number of carboxylic acid groups (broad SMARTS) is 1. The van der Waals surface area contributed by atoms with Gasteiger partial charge >= 0.3 is 5.97 Å². The van der Waals surface area contributed by atoms with Crippen molar-refractivity contribution in [3.63, 3.8) is 0 Å². The van der Waals surface area contributed by atoms with Crippen LogP contribution in [0, 0.1) is 0 Å². The minimum absolute atomic E-state index is 0.143. The Morgan fingerprint density at radius 2 is 1.08 bits per heavy atom. The lowest BCUT2D eigenvalue weighted by Crippen LogP contribution is -2.44. The number of hydrogen-bond acceptors (Lipinski definition) is 4. The molecule has 4 aromatic rings. The lowest BCUT2D eigenvalue weighted by atomic mass is 9.80. The van der Waals surface area contributed by atoms with Gasteiger partial charge in [0.25, 0.3) is 5.91 Å². The first-order chi connectivity index (χ1) is 17.6. The summed E-state index contributed by atoms with van der Waals surface area (Å²) in [5, 5.41) is 9.38. The van der Waals surface area contributed by atoms with E-state index in [-0.39, 0.29) is 13.1 Å². The number of hydroxylamine groups is 1. The van der Waals surface area contributed by atoms with Crippen LogP contribution in [-0.4, -0.2) is 35.0 Å². The fraction of sp³-hybridized carbons (Fsp3) is 0.133. The molecule has 4 aromatic carbocycles. The Morgan fingerprint density at radius 3 is 1.50 bits per heavy atom. The number of aliphatic carboxylic acids is 1. The van der Waals surface area contributed by atoms with Crippen LogP contribution in [0.4, 0.5) is 0 Å².